The van der Waals surface area contributed by atoms with Gasteiger partial charge in [0.2, 0.25) is 0 Å². The molecule has 0 radical (unpaired) electrons. The molecule has 0 aromatic rings. The highest BCUT2D eigenvalue weighted by molar-refractivity contribution is 6.56. The van der Waals surface area contributed by atoms with E-state index in [9.17, 15) is 0 Å². The van der Waals surface area contributed by atoms with Crippen LogP contribution in [0, 0.1) is 46.3 Å². The third-order valence-electron chi connectivity index (χ3n) is 10.6. The number of allylic oxidation sites excluding steroid dienone is 2. The van der Waals surface area contributed by atoms with Crippen LogP contribution in [0.1, 0.15) is 81.1 Å². The highest BCUT2D eigenvalue weighted by Crippen LogP contribution is 2.69. The zero-order valence-corrected chi connectivity index (χ0v) is 19.7. The Hall–Kier alpha value is -0.655. The van der Waals surface area contributed by atoms with Gasteiger partial charge in [0.05, 0.1) is 5.76 Å². The van der Waals surface area contributed by atoms with Crippen molar-refractivity contribution in [1.29, 1.82) is 0 Å². The van der Waals surface area contributed by atoms with Crippen LogP contribution in [0.15, 0.2) is 24.0 Å². The van der Waals surface area contributed by atoms with Gasteiger partial charge in [-0.1, -0.05) is 48.1 Å². The molecule has 0 amide bonds. The molecular weight excluding hydrogens is 339 g/mol. The maximum absolute atomic E-state index is 6.92. The van der Waals surface area contributed by atoms with Crippen LogP contribution in [-0.4, -0.2) is 6.92 Å². The maximum atomic E-state index is 6.92. The van der Waals surface area contributed by atoms with E-state index in [2.05, 4.69) is 68.0 Å². The molecule has 0 aromatic heterocycles. The summed E-state index contributed by atoms with van der Waals surface area (Å²) in [6.45, 7) is 23.9. The van der Waals surface area contributed by atoms with E-state index < -0.39 is 0 Å². The summed E-state index contributed by atoms with van der Waals surface area (Å²) in [6.07, 6.45) is 7.78. The summed E-state index contributed by atoms with van der Waals surface area (Å²) in [5.41, 5.74) is 2.16. The molecule has 0 aromatic carbocycles. The van der Waals surface area contributed by atoms with Crippen LogP contribution in [0.2, 0.25) is 11.6 Å². The number of rotatable bonds is 5. The minimum absolute atomic E-state index is 0.371. The zero-order valence-electron chi connectivity index (χ0n) is 19.7. The lowest BCUT2D eigenvalue weighted by Crippen LogP contribution is -2.60. The van der Waals surface area contributed by atoms with Crippen molar-refractivity contribution < 1.29 is 4.65 Å². The predicted octanol–water partition coefficient (Wildman–Crippen LogP) is 7.62. The summed E-state index contributed by atoms with van der Waals surface area (Å²) in [6, 6.07) is 0. The summed E-state index contributed by atoms with van der Waals surface area (Å²) in [5.74, 6) is 7.55. The van der Waals surface area contributed by atoms with E-state index >= 15 is 0 Å². The van der Waals surface area contributed by atoms with Gasteiger partial charge in [-0.25, -0.2) is 0 Å². The summed E-state index contributed by atoms with van der Waals surface area (Å²) < 4.78 is 6.92. The van der Waals surface area contributed by atoms with Gasteiger partial charge >= 0.3 is 6.92 Å². The molecule has 2 heteroatoms. The molecule has 6 aliphatic rings. The van der Waals surface area contributed by atoms with Crippen molar-refractivity contribution in [1.82, 2.24) is 0 Å². The molecular formula is C26H43BO. The highest BCUT2D eigenvalue weighted by atomic mass is 16.4. The molecule has 8 atom stereocenters. The summed E-state index contributed by atoms with van der Waals surface area (Å²) in [5, 5.41) is 0. The fourth-order valence-corrected chi connectivity index (χ4v) is 8.30. The van der Waals surface area contributed by atoms with Crippen LogP contribution in [-0.2, 0) is 4.65 Å². The molecule has 4 bridgehead atoms. The number of hydrogen-bond acceptors (Lipinski definition) is 1. The Morgan fingerprint density at radius 3 is 1.61 bits per heavy atom. The van der Waals surface area contributed by atoms with Crippen LogP contribution >= 0.6 is 0 Å². The second-order valence-corrected chi connectivity index (χ2v) is 12.3. The van der Waals surface area contributed by atoms with Crippen LogP contribution in [0.25, 0.3) is 0 Å². The SMILES string of the molecule is C=C(C)/C(=C/C)OB(C1CC2CC(C1C)C2(C)C)C1CC2CC(C1C)C2(C)C. The van der Waals surface area contributed by atoms with E-state index in [0.29, 0.717) is 29.4 Å². The first-order chi connectivity index (χ1) is 13.0. The van der Waals surface area contributed by atoms with Gasteiger partial charge in [0.1, 0.15) is 0 Å². The molecule has 6 rings (SSSR count). The Kier molecular flexibility index (Phi) is 4.91. The first-order valence-corrected chi connectivity index (χ1v) is 12.0. The smallest absolute Gasteiger partial charge is 0.364 e. The van der Waals surface area contributed by atoms with Gasteiger partial charge in [-0.05, 0) is 109 Å². The van der Waals surface area contributed by atoms with Crippen molar-refractivity contribution in [2.45, 2.75) is 92.7 Å². The fraction of sp³-hybridized carbons (Fsp3) is 0.846. The molecule has 8 unspecified atom stereocenters. The van der Waals surface area contributed by atoms with Crippen molar-refractivity contribution >= 4 is 6.92 Å². The van der Waals surface area contributed by atoms with Gasteiger partial charge in [-0.15, -0.1) is 0 Å². The Labute approximate surface area is 174 Å². The lowest BCUT2D eigenvalue weighted by molar-refractivity contribution is -0.110. The molecule has 28 heavy (non-hydrogen) atoms. The van der Waals surface area contributed by atoms with Crippen molar-refractivity contribution in [3.8, 4) is 0 Å². The number of fused-ring (bicyclic) bond motifs is 4. The van der Waals surface area contributed by atoms with Gasteiger partial charge in [-0.3, -0.25) is 0 Å². The van der Waals surface area contributed by atoms with Crippen molar-refractivity contribution in [3.05, 3.63) is 24.0 Å². The number of hydrogen-bond donors (Lipinski definition) is 0. The van der Waals surface area contributed by atoms with Gasteiger partial charge in [0.25, 0.3) is 0 Å². The second-order valence-electron chi connectivity index (χ2n) is 12.3. The zero-order chi connectivity index (χ0) is 20.6. The molecule has 0 saturated heterocycles. The topological polar surface area (TPSA) is 9.23 Å². The Morgan fingerprint density at radius 1 is 0.893 bits per heavy atom. The summed E-state index contributed by atoms with van der Waals surface area (Å²) in [7, 11) is 0. The van der Waals surface area contributed by atoms with Crippen LogP contribution < -0.4 is 0 Å². The van der Waals surface area contributed by atoms with Gasteiger partial charge in [-0.2, -0.15) is 0 Å². The van der Waals surface area contributed by atoms with E-state index in [0.717, 1.165) is 46.8 Å². The van der Waals surface area contributed by atoms with E-state index in [1.54, 1.807) is 0 Å². The largest absolute Gasteiger partial charge is 0.560 e. The standard InChI is InChI=1S/C26H43BO/c1-10-24(15(2)3)28-27(22-13-18-11-20(16(22)4)25(18,6)7)23-14-19-12-21(17(23)5)26(19,8)9/h10,16-23H,2,11-14H2,1,3-9H3/b24-10-. The first-order valence-electron chi connectivity index (χ1n) is 12.0. The Morgan fingerprint density at radius 2 is 1.32 bits per heavy atom. The van der Waals surface area contributed by atoms with Crippen molar-refractivity contribution in [2.24, 2.45) is 46.3 Å². The lowest BCUT2D eigenvalue weighted by atomic mass is 9.27. The third kappa shape index (κ3) is 2.79. The molecule has 6 aliphatic carbocycles. The Balaban J connectivity index is 1.62. The van der Waals surface area contributed by atoms with Crippen molar-refractivity contribution in [3.63, 3.8) is 0 Å². The van der Waals surface area contributed by atoms with Crippen LogP contribution in [0.5, 0.6) is 0 Å². The average molecular weight is 382 g/mol. The lowest BCUT2D eigenvalue weighted by Gasteiger charge is -2.65. The molecule has 6 fully saturated rings. The molecule has 0 spiro atoms. The normalized spacial score (nSPS) is 45.5. The summed E-state index contributed by atoms with van der Waals surface area (Å²) >= 11 is 0. The van der Waals surface area contributed by atoms with E-state index in [1.165, 1.54) is 25.7 Å². The molecule has 0 N–H and O–H groups in total. The first kappa shape index (κ1) is 20.6. The minimum atomic E-state index is 0.371. The fourth-order valence-electron chi connectivity index (χ4n) is 8.30. The summed E-state index contributed by atoms with van der Waals surface area (Å²) in [4.78, 5) is 0. The predicted molar refractivity (Wildman–Crippen MR) is 121 cm³/mol. The van der Waals surface area contributed by atoms with E-state index in [4.69, 9.17) is 4.65 Å². The van der Waals surface area contributed by atoms with Crippen molar-refractivity contribution in [2.75, 3.05) is 0 Å². The molecule has 1 nitrogen and oxygen atoms in total. The molecule has 0 heterocycles. The molecule has 156 valence electrons. The minimum Gasteiger partial charge on any atom is -0.560 e. The Bertz CT molecular complexity index is 632. The average Bonchev–Trinajstić information content (AvgIpc) is 2.62. The second kappa shape index (κ2) is 6.68. The highest BCUT2D eigenvalue weighted by Gasteiger charge is 2.63. The van der Waals surface area contributed by atoms with Gasteiger partial charge < -0.3 is 4.65 Å². The van der Waals surface area contributed by atoms with Gasteiger partial charge in [0.15, 0.2) is 0 Å². The monoisotopic (exact) mass is 382 g/mol. The van der Waals surface area contributed by atoms with Gasteiger partial charge in [0, 0.05) is 0 Å². The quantitative estimate of drug-likeness (QED) is 0.270. The van der Waals surface area contributed by atoms with E-state index in [-0.39, 0.29) is 0 Å². The van der Waals surface area contributed by atoms with Crippen LogP contribution in [0.3, 0.4) is 0 Å². The molecule has 6 saturated carbocycles. The third-order valence-corrected chi connectivity index (χ3v) is 10.6. The van der Waals surface area contributed by atoms with E-state index in [1.807, 2.05) is 0 Å². The maximum Gasteiger partial charge on any atom is 0.364 e. The van der Waals surface area contributed by atoms with Crippen LogP contribution in [0.4, 0.5) is 0 Å². The molecule has 0 aliphatic heterocycles.